The third-order valence-electron chi connectivity index (χ3n) is 1.74. The summed E-state index contributed by atoms with van der Waals surface area (Å²) in [5.74, 6) is 0. The molecule has 1 heterocycles. The van der Waals surface area contributed by atoms with Gasteiger partial charge in [-0.15, -0.1) is 0 Å². The van der Waals surface area contributed by atoms with Gasteiger partial charge < -0.3 is 9.80 Å². The van der Waals surface area contributed by atoms with Gasteiger partial charge in [-0.2, -0.15) is 0 Å². The quantitative estimate of drug-likeness (QED) is 0.751. The Morgan fingerprint density at radius 3 is 2.50 bits per heavy atom. The number of hydrogen-bond donors (Lipinski definition) is 0. The fourth-order valence-electron chi connectivity index (χ4n) is 1.10. The average Bonchev–Trinajstić information content (AvgIpc) is 2.51. The van der Waals surface area contributed by atoms with Gasteiger partial charge in [-0.05, 0) is 6.42 Å². The van der Waals surface area contributed by atoms with Crippen LogP contribution in [0.25, 0.3) is 0 Å². The number of hydrogen-bond acceptors (Lipinski definition) is 2. The molecule has 0 bridgehead atoms. The van der Waals surface area contributed by atoms with Gasteiger partial charge in [0.15, 0.2) is 0 Å². The van der Waals surface area contributed by atoms with E-state index in [0.29, 0.717) is 0 Å². The maximum atomic E-state index is 4.61. The molecule has 75 valence electrons. The SMILES string of the molecule is CCCCN1C=CN(C)C1.[Cl][Pt]. The van der Waals surface area contributed by atoms with Crippen LogP contribution in [0.4, 0.5) is 0 Å². The first-order chi connectivity index (χ1) is 5.83. The fourth-order valence-corrected chi connectivity index (χ4v) is 1.10. The number of unbranched alkanes of at least 4 members (excludes halogenated alkanes) is 1. The van der Waals surface area contributed by atoms with Crippen LogP contribution in [-0.2, 0) is 18.8 Å². The summed E-state index contributed by atoms with van der Waals surface area (Å²) >= 11 is 1.61. The van der Waals surface area contributed by atoms with Gasteiger partial charge in [-0.3, -0.25) is 0 Å². The monoisotopic (exact) mass is 370 g/mol. The molecule has 1 aliphatic heterocycles. The van der Waals surface area contributed by atoms with E-state index in [-0.39, 0.29) is 0 Å². The Bertz CT molecular complexity index is 130. The van der Waals surface area contributed by atoms with E-state index in [1.54, 1.807) is 18.8 Å². The first-order valence-electron chi connectivity index (χ1n) is 4.07. The Kier molecular flexibility index (Phi) is 8.15. The molecule has 0 aromatic carbocycles. The predicted molar refractivity (Wildman–Crippen MR) is 49.2 cm³/mol. The molecule has 1 aliphatic rings. The van der Waals surface area contributed by atoms with E-state index in [2.05, 4.69) is 45.6 Å². The Hall–Kier alpha value is 0.318. The van der Waals surface area contributed by atoms with Crippen molar-refractivity contribution in [3.8, 4) is 0 Å². The normalized spacial score (nSPS) is 14.8. The van der Waals surface area contributed by atoms with Gasteiger partial charge in [0.25, 0.3) is 0 Å². The standard InChI is InChI=1S/C8H16N2.ClH.Pt/c1-3-4-5-10-7-6-9(2)8-10;;/h6-7H,3-5,8H2,1-2H3;1H;/q;;+1/p-1. The van der Waals surface area contributed by atoms with E-state index < -0.39 is 0 Å². The van der Waals surface area contributed by atoms with Crippen LogP contribution in [0.2, 0.25) is 0 Å². The van der Waals surface area contributed by atoms with Gasteiger partial charge in [-0.1, -0.05) is 13.3 Å². The topological polar surface area (TPSA) is 6.48 Å². The maximum absolute atomic E-state index is 4.61. The zero-order chi connectivity index (χ0) is 9.40. The molecular weight excluding hydrogens is 355 g/mol. The van der Waals surface area contributed by atoms with Gasteiger partial charge in [0.05, 0.1) is 6.67 Å². The van der Waals surface area contributed by atoms with Crippen LogP contribution in [0.3, 0.4) is 0 Å². The molecule has 0 aliphatic carbocycles. The molecule has 2 nitrogen and oxygen atoms in total. The predicted octanol–water partition coefficient (Wildman–Crippen LogP) is 2.15. The van der Waals surface area contributed by atoms with Crippen molar-refractivity contribution in [1.82, 2.24) is 9.80 Å². The van der Waals surface area contributed by atoms with Gasteiger partial charge in [0, 0.05) is 26.0 Å². The third kappa shape index (κ3) is 5.05. The zero-order valence-corrected chi connectivity index (χ0v) is 10.6. The summed E-state index contributed by atoms with van der Waals surface area (Å²) in [6.45, 7) is 4.50. The molecule has 0 amide bonds. The van der Waals surface area contributed by atoms with Gasteiger partial charge in [0.1, 0.15) is 0 Å². The Morgan fingerprint density at radius 2 is 2.08 bits per heavy atom. The van der Waals surface area contributed by atoms with E-state index in [1.165, 1.54) is 19.4 Å². The number of rotatable bonds is 3. The Balaban J connectivity index is 0.000000561. The zero-order valence-electron chi connectivity index (χ0n) is 7.57. The van der Waals surface area contributed by atoms with E-state index in [1.807, 2.05) is 0 Å². The molecule has 0 saturated heterocycles. The van der Waals surface area contributed by atoms with Crippen LogP contribution in [0.15, 0.2) is 12.4 Å². The molecular formula is C8H16ClN2Pt. The van der Waals surface area contributed by atoms with Crippen LogP contribution >= 0.6 is 9.42 Å². The van der Waals surface area contributed by atoms with Gasteiger partial charge >= 0.3 is 28.2 Å². The molecule has 0 N–H and O–H groups in total. The molecule has 0 radical (unpaired) electrons. The van der Waals surface area contributed by atoms with Gasteiger partial charge in [-0.25, -0.2) is 0 Å². The summed E-state index contributed by atoms with van der Waals surface area (Å²) in [6.07, 6.45) is 6.87. The second kappa shape index (κ2) is 7.94. The van der Waals surface area contributed by atoms with Crippen molar-refractivity contribution in [2.75, 3.05) is 20.3 Å². The van der Waals surface area contributed by atoms with Crippen LogP contribution in [0.5, 0.6) is 0 Å². The third-order valence-corrected chi connectivity index (χ3v) is 1.74. The molecule has 0 aromatic heterocycles. The number of nitrogens with zero attached hydrogens (tertiary/aromatic N) is 2. The van der Waals surface area contributed by atoms with Crippen molar-refractivity contribution in [1.29, 1.82) is 0 Å². The van der Waals surface area contributed by atoms with E-state index >= 15 is 0 Å². The second-order valence-corrected chi connectivity index (χ2v) is 2.86. The van der Waals surface area contributed by atoms with Crippen molar-refractivity contribution >= 4 is 9.42 Å². The van der Waals surface area contributed by atoms with Crippen LogP contribution in [0.1, 0.15) is 19.8 Å². The minimum atomic E-state index is 1.07. The molecule has 0 atom stereocenters. The number of halogens is 1. The van der Waals surface area contributed by atoms with E-state index in [0.717, 1.165) is 6.67 Å². The molecule has 0 fully saturated rings. The van der Waals surface area contributed by atoms with E-state index in [9.17, 15) is 0 Å². The molecule has 0 spiro atoms. The summed E-state index contributed by atoms with van der Waals surface area (Å²) in [5.41, 5.74) is 0. The van der Waals surface area contributed by atoms with Crippen molar-refractivity contribution < 1.29 is 18.8 Å². The Labute approximate surface area is 90.4 Å². The molecule has 1 rings (SSSR count). The molecule has 4 heteroatoms. The van der Waals surface area contributed by atoms with Crippen molar-refractivity contribution in [3.05, 3.63) is 12.4 Å². The van der Waals surface area contributed by atoms with Crippen LogP contribution < -0.4 is 0 Å². The van der Waals surface area contributed by atoms with Gasteiger partial charge in [0.2, 0.25) is 0 Å². The van der Waals surface area contributed by atoms with Crippen molar-refractivity contribution in [2.45, 2.75) is 19.8 Å². The molecule has 0 saturated carbocycles. The first-order valence-corrected chi connectivity index (χ1v) is 6.89. The summed E-state index contributed by atoms with van der Waals surface area (Å²) < 4.78 is 0. The summed E-state index contributed by atoms with van der Waals surface area (Å²) in [7, 11) is 6.71. The van der Waals surface area contributed by atoms with Crippen LogP contribution in [0, 0.1) is 0 Å². The summed E-state index contributed by atoms with van der Waals surface area (Å²) in [4.78, 5) is 4.53. The van der Waals surface area contributed by atoms with Crippen molar-refractivity contribution in [3.63, 3.8) is 0 Å². The minimum absolute atomic E-state index is 1.07. The molecule has 0 unspecified atom stereocenters. The molecule has 12 heavy (non-hydrogen) atoms. The second-order valence-electron chi connectivity index (χ2n) is 2.86. The van der Waals surface area contributed by atoms with Crippen molar-refractivity contribution in [2.24, 2.45) is 0 Å². The summed E-state index contributed by atoms with van der Waals surface area (Å²) in [5, 5.41) is 0. The Morgan fingerprint density at radius 1 is 1.42 bits per heavy atom. The summed E-state index contributed by atoms with van der Waals surface area (Å²) in [6, 6.07) is 0. The van der Waals surface area contributed by atoms with Crippen LogP contribution in [-0.4, -0.2) is 30.1 Å². The van der Waals surface area contributed by atoms with E-state index in [4.69, 9.17) is 0 Å². The first kappa shape index (κ1) is 12.3. The average molecular weight is 371 g/mol. The fraction of sp³-hybridized carbons (Fsp3) is 0.750. The molecule has 0 aromatic rings.